The first-order valence-corrected chi connectivity index (χ1v) is 8.61. The smallest absolute Gasteiger partial charge is 0.255 e. The third-order valence-corrected chi connectivity index (χ3v) is 4.66. The van der Waals surface area contributed by atoms with E-state index >= 15 is 0 Å². The predicted molar refractivity (Wildman–Crippen MR) is 96.3 cm³/mol. The lowest BCUT2D eigenvalue weighted by molar-refractivity contribution is 0.0705. The average Bonchev–Trinajstić information content (AvgIpc) is 3.19. The molecule has 1 saturated heterocycles. The number of nitrogen functional groups attached to an aromatic ring is 1. The van der Waals surface area contributed by atoms with E-state index in [1.54, 1.807) is 18.3 Å². The molecule has 1 aromatic carbocycles. The van der Waals surface area contributed by atoms with Crippen LogP contribution in [0.2, 0.25) is 0 Å². The van der Waals surface area contributed by atoms with E-state index in [1.807, 2.05) is 35.2 Å². The first kappa shape index (κ1) is 16.3. The number of likely N-dealkylation sites (tertiary alicyclic amines) is 1. The Bertz CT molecular complexity index is 901. The molecule has 26 heavy (non-hydrogen) atoms. The van der Waals surface area contributed by atoms with Gasteiger partial charge in [0.1, 0.15) is 5.69 Å². The predicted octanol–water partition coefficient (Wildman–Crippen LogP) is 2.73. The number of hydrogen-bond donors (Lipinski definition) is 1. The molecular weight excluding hydrogens is 330 g/mol. The van der Waals surface area contributed by atoms with Crippen molar-refractivity contribution in [3.8, 4) is 11.5 Å². The average molecular weight is 349 g/mol. The standard InChI is InChI=1S/C19H19N5O2/c20-15-6-2-1-5-14(15)19(25)24-11-8-13(9-12-24)18-22-17(23-26-18)16-7-3-4-10-21-16/h1-7,10,13H,8-9,11-12,20H2. The molecule has 0 aliphatic carbocycles. The van der Waals surface area contributed by atoms with Crippen molar-refractivity contribution < 1.29 is 9.32 Å². The van der Waals surface area contributed by atoms with Crippen molar-refractivity contribution in [3.05, 3.63) is 60.1 Å². The molecule has 1 aliphatic rings. The van der Waals surface area contributed by atoms with E-state index < -0.39 is 0 Å². The number of nitrogens with zero attached hydrogens (tertiary/aromatic N) is 4. The van der Waals surface area contributed by atoms with Gasteiger partial charge >= 0.3 is 0 Å². The first-order chi connectivity index (χ1) is 12.7. The molecule has 0 radical (unpaired) electrons. The zero-order valence-corrected chi connectivity index (χ0v) is 14.2. The lowest BCUT2D eigenvalue weighted by atomic mass is 9.96. The maximum Gasteiger partial charge on any atom is 0.255 e. The summed E-state index contributed by atoms with van der Waals surface area (Å²) in [4.78, 5) is 23.2. The van der Waals surface area contributed by atoms with Crippen molar-refractivity contribution in [1.82, 2.24) is 20.0 Å². The highest BCUT2D eigenvalue weighted by Gasteiger charge is 2.28. The van der Waals surface area contributed by atoms with E-state index in [0.29, 0.717) is 41.7 Å². The summed E-state index contributed by atoms with van der Waals surface area (Å²) in [5.74, 6) is 1.23. The van der Waals surface area contributed by atoms with Gasteiger partial charge in [0.15, 0.2) is 0 Å². The molecule has 1 fully saturated rings. The molecule has 0 saturated carbocycles. The van der Waals surface area contributed by atoms with Crippen LogP contribution in [-0.2, 0) is 0 Å². The second-order valence-electron chi connectivity index (χ2n) is 6.32. The Morgan fingerprint density at radius 3 is 2.62 bits per heavy atom. The molecular formula is C19H19N5O2. The Morgan fingerprint density at radius 1 is 1.12 bits per heavy atom. The SMILES string of the molecule is Nc1ccccc1C(=O)N1CCC(c2nc(-c3ccccn3)no2)CC1. The van der Waals surface area contributed by atoms with Crippen molar-refractivity contribution >= 4 is 11.6 Å². The Balaban J connectivity index is 1.42. The Labute approximate surface area is 150 Å². The molecule has 3 aromatic rings. The summed E-state index contributed by atoms with van der Waals surface area (Å²) in [6.45, 7) is 1.28. The molecule has 0 spiro atoms. The number of rotatable bonds is 3. The minimum absolute atomic E-state index is 0.0266. The summed E-state index contributed by atoms with van der Waals surface area (Å²) in [6.07, 6.45) is 3.26. The molecule has 1 aliphatic heterocycles. The van der Waals surface area contributed by atoms with Gasteiger partial charge in [0.05, 0.1) is 5.56 Å². The molecule has 1 amide bonds. The lowest BCUT2D eigenvalue weighted by Crippen LogP contribution is -2.38. The molecule has 2 N–H and O–H groups in total. The molecule has 0 bridgehead atoms. The molecule has 7 nitrogen and oxygen atoms in total. The van der Waals surface area contributed by atoms with Gasteiger partial charge in [-0.2, -0.15) is 4.98 Å². The monoisotopic (exact) mass is 349 g/mol. The summed E-state index contributed by atoms with van der Waals surface area (Å²) in [6, 6.07) is 12.7. The summed E-state index contributed by atoms with van der Waals surface area (Å²) >= 11 is 0. The Morgan fingerprint density at radius 2 is 1.88 bits per heavy atom. The maximum atomic E-state index is 12.6. The van der Waals surface area contributed by atoms with Gasteiger partial charge in [-0.1, -0.05) is 23.4 Å². The van der Waals surface area contributed by atoms with Crippen LogP contribution in [0.5, 0.6) is 0 Å². The summed E-state index contributed by atoms with van der Waals surface area (Å²) in [5, 5.41) is 4.03. The first-order valence-electron chi connectivity index (χ1n) is 8.61. The van der Waals surface area contributed by atoms with Gasteiger partial charge in [-0.15, -0.1) is 0 Å². The van der Waals surface area contributed by atoms with E-state index in [9.17, 15) is 4.79 Å². The molecule has 7 heteroatoms. The minimum Gasteiger partial charge on any atom is -0.398 e. The fourth-order valence-corrected chi connectivity index (χ4v) is 3.19. The van der Waals surface area contributed by atoms with Crippen LogP contribution in [0.3, 0.4) is 0 Å². The van der Waals surface area contributed by atoms with E-state index in [4.69, 9.17) is 10.3 Å². The second kappa shape index (κ2) is 6.95. The number of para-hydroxylation sites is 1. The summed E-state index contributed by atoms with van der Waals surface area (Å²) in [5.41, 5.74) is 7.67. The highest BCUT2D eigenvalue weighted by molar-refractivity contribution is 5.99. The highest BCUT2D eigenvalue weighted by atomic mass is 16.5. The number of hydrogen-bond acceptors (Lipinski definition) is 6. The minimum atomic E-state index is -0.0266. The fraction of sp³-hybridized carbons (Fsp3) is 0.263. The number of benzene rings is 1. The zero-order valence-electron chi connectivity index (χ0n) is 14.2. The van der Waals surface area contributed by atoms with E-state index in [1.165, 1.54) is 0 Å². The van der Waals surface area contributed by atoms with Crippen molar-refractivity contribution in [3.63, 3.8) is 0 Å². The number of nitrogens with two attached hydrogens (primary N) is 1. The van der Waals surface area contributed by atoms with Crippen molar-refractivity contribution in [2.24, 2.45) is 0 Å². The van der Waals surface area contributed by atoms with Crippen LogP contribution < -0.4 is 5.73 Å². The maximum absolute atomic E-state index is 12.6. The topological polar surface area (TPSA) is 98.1 Å². The molecule has 0 unspecified atom stereocenters. The highest BCUT2D eigenvalue weighted by Crippen LogP contribution is 2.29. The van der Waals surface area contributed by atoms with Crippen LogP contribution in [0.25, 0.3) is 11.5 Å². The Hall–Kier alpha value is -3.22. The Kier molecular flexibility index (Phi) is 4.35. The number of carbonyl (C=O) groups is 1. The van der Waals surface area contributed by atoms with Crippen LogP contribution in [0.1, 0.15) is 35.0 Å². The van der Waals surface area contributed by atoms with Crippen LogP contribution in [0.4, 0.5) is 5.69 Å². The van der Waals surface area contributed by atoms with Gasteiger partial charge < -0.3 is 15.2 Å². The van der Waals surface area contributed by atoms with Crippen molar-refractivity contribution in [2.75, 3.05) is 18.8 Å². The second-order valence-corrected chi connectivity index (χ2v) is 6.32. The van der Waals surface area contributed by atoms with Gasteiger partial charge in [0.25, 0.3) is 5.91 Å². The molecule has 2 aromatic heterocycles. The van der Waals surface area contributed by atoms with Gasteiger partial charge in [-0.25, -0.2) is 0 Å². The van der Waals surface area contributed by atoms with Gasteiger partial charge in [0.2, 0.25) is 11.7 Å². The molecule has 0 atom stereocenters. The van der Waals surface area contributed by atoms with E-state index in [-0.39, 0.29) is 11.8 Å². The van der Waals surface area contributed by atoms with Crippen LogP contribution >= 0.6 is 0 Å². The van der Waals surface area contributed by atoms with Gasteiger partial charge in [0, 0.05) is 30.9 Å². The largest absolute Gasteiger partial charge is 0.398 e. The van der Waals surface area contributed by atoms with Gasteiger partial charge in [-0.05, 0) is 37.1 Å². The molecule has 3 heterocycles. The van der Waals surface area contributed by atoms with Crippen molar-refractivity contribution in [1.29, 1.82) is 0 Å². The fourth-order valence-electron chi connectivity index (χ4n) is 3.19. The third kappa shape index (κ3) is 3.15. The number of aromatic nitrogens is 3. The van der Waals surface area contributed by atoms with E-state index in [0.717, 1.165) is 12.8 Å². The number of carbonyl (C=O) groups excluding carboxylic acids is 1. The number of pyridine rings is 1. The molecule has 132 valence electrons. The summed E-state index contributed by atoms with van der Waals surface area (Å²) in [7, 11) is 0. The van der Waals surface area contributed by atoms with E-state index in [2.05, 4.69) is 15.1 Å². The van der Waals surface area contributed by atoms with Crippen LogP contribution in [-0.4, -0.2) is 39.0 Å². The van der Waals surface area contributed by atoms with Crippen molar-refractivity contribution in [2.45, 2.75) is 18.8 Å². The number of piperidine rings is 1. The molecule has 4 rings (SSSR count). The number of amides is 1. The van der Waals surface area contributed by atoms with Crippen LogP contribution in [0.15, 0.2) is 53.2 Å². The van der Waals surface area contributed by atoms with Gasteiger partial charge in [-0.3, -0.25) is 9.78 Å². The van der Waals surface area contributed by atoms with Crippen LogP contribution in [0, 0.1) is 0 Å². The summed E-state index contributed by atoms with van der Waals surface area (Å²) < 4.78 is 5.43. The number of anilines is 1. The lowest BCUT2D eigenvalue weighted by Gasteiger charge is -2.30. The zero-order chi connectivity index (χ0) is 17.9. The normalized spacial score (nSPS) is 15.2. The third-order valence-electron chi connectivity index (χ3n) is 4.66. The quantitative estimate of drug-likeness (QED) is 0.730.